The van der Waals surface area contributed by atoms with Gasteiger partial charge >= 0.3 is 5.69 Å². The van der Waals surface area contributed by atoms with E-state index in [2.05, 4.69) is 21.2 Å². The van der Waals surface area contributed by atoms with Crippen LogP contribution in [0.1, 0.15) is 6.92 Å². The number of amides is 1. The van der Waals surface area contributed by atoms with Gasteiger partial charge in [0.15, 0.2) is 0 Å². The normalized spacial score (nSPS) is 9.80. The first kappa shape index (κ1) is 11.6. The SMILES string of the molecule is CC(=O)Nc1c(Br)ccc(F)c1[N+](=O)[O-]. The number of benzene rings is 1. The van der Waals surface area contributed by atoms with Gasteiger partial charge in [-0.2, -0.15) is 4.39 Å². The summed E-state index contributed by atoms with van der Waals surface area (Å²) in [6.45, 7) is 1.18. The maximum atomic E-state index is 13.1. The molecule has 1 amide bonds. The van der Waals surface area contributed by atoms with Crippen LogP contribution in [0, 0.1) is 15.9 Å². The van der Waals surface area contributed by atoms with E-state index in [4.69, 9.17) is 0 Å². The van der Waals surface area contributed by atoms with E-state index in [0.29, 0.717) is 0 Å². The number of rotatable bonds is 2. The predicted molar refractivity (Wildman–Crippen MR) is 55.1 cm³/mol. The second kappa shape index (κ2) is 4.35. The van der Waals surface area contributed by atoms with E-state index in [-0.39, 0.29) is 10.2 Å². The van der Waals surface area contributed by atoms with Crippen molar-refractivity contribution in [3.8, 4) is 0 Å². The zero-order chi connectivity index (χ0) is 11.6. The summed E-state index contributed by atoms with van der Waals surface area (Å²) in [5, 5.41) is 12.8. The summed E-state index contributed by atoms with van der Waals surface area (Å²) in [5.74, 6) is -1.50. The van der Waals surface area contributed by atoms with Crippen LogP contribution in [0.3, 0.4) is 0 Å². The van der Waals surface area contributed by atoms with Gasteiger partial charge in [-0.25, -0.2) is 0 Å². The molecule has 0 aliphatic heterocycles. The molecule has 0 radical (unpaired) electrons. The molecule has 1 N–H and O–H groups in total. The van der Waals surface area contributed by atoms with Gasteiger partial charge in [0.25, 0.3) is 0 Å². The molecule has 0 atom stereocenters. The Morgan fingerprint density at radius 1 is 1.60 bits per heavy atom. The van der Waals surface area contributed by atoms with Crippen molar-refractivity contribution >= 4 is 33.2 Å². The Morgan fingerprint density at radius 2 is 2.20 bits per heavy atom. The second-order valence-corrected chi connectivity index (χ2v) is 3.55. The fourth-order valence-corrected chi connectivity index (χ4v) is 1.43. The van der Waals surface area contributed by atoms with Crippen molar-refractivity contribution < 1.29 is 14.1 Å². The molecule has 0 spiro atoms. The third kappa shape index (κ3) is 2.50. The number of halogens is 2. The van der Waals surface area contributed by atoms with Crippen LogP contribution in [0.2, 0.25) is 0 Å². The highest BCUT2D eigenvalue weighted by atomic mass is 79.9. The van der Waals surface area contributed by atoms with Crippen LogP contribution in [-0.4, -0.2) is 10.8 Å². The number of carbonyl (C=O) groups is 1. The maximum absolute atomic E-state index is 13.1. The molecule has 0 unspecified atom stereocenters. The monoisotopic (exact) mass is 276 g/mol. The summed E-state index contributed by atoms with van der Waals surface area (Å²) in [6.07, 6.45) is 0. The van der Waals surface area contributed by atoms with Gasteiger partial charge in [-0.05, 0) is 28.1 Å². The van der Waals surface area contributed by atoms with Crippen LogP contribution in [0.5, 0.6) is 0 Å². The van der Waals surface area contributed by atoms with Gasteiger partial charge in [0.2, 0.25) is 11.7 Å². The molecule has 80 valence electrons. The highest BCUT2D eigenvalue weighted by molar-refractivity contribution is 9.10. The van der Waals surface area contributed by atoms with Gasteiger partial charge in [0, 0.05) is 11.4 Å². The minimum atomic E-state index is -0.994. The van der Waals surface area contributed by atoms with Crippen molar-refractivity contribution in [2.75, 3.05) is 5.32 Å². The molecule has 0 saturated heterocycles. The fraction of sp³-hybridized carbons (Fsp3) is 0.125. The molecule has 0 aliphatic rings. The van der Waals surface area contributed by atoms with Crippen molar-refractivity contribution in [2.45, 2.75) is 6.92 Å². The minimum Gasteiger partial charge on any atom is -0.320 e. The standard InChI is InChI=1S/C8H6BrFN2O3/c1-4(13)11-7-5(9)2-3-6(10)8(7)12(14)15/h2-3H,1H3,(H,11,13). The molecule has 7 heteroatoms. The summed E-state index contributed by atoms with van der Waals surface area (Å²) < 4.78 is 13.4. The third-order valence-electron chi connectivity index (χ3n) is 1.56. The first-order valence-electron chi connectivity index (χ1n) is 3.83. The molecule has 0 fully saturated rings. The van der Waals surface area contributed by atoms with Crippen molar-refractivity contribution in [1.82, 2.24) is 0 Å². The Kier molecular flexibility index (Phi) is 3.35. The number of hydrogen-bond donors (Lipinski definition) is 1. The van der Waals surface area contributed by atoms with E-state index < -0.39 is 22.3 Å². The molecular weight excluding hydrogens is 271 g/mol. The van der Waals surface area contributed by atoms with E-state index >= 15 is 0 Å². The Labute approximate surface area is 92.6 Å². The first-order valence-corrected chi connectivity index (χ1v) is 4.62. The molecule has 0 aromatic heterocycles. The number of nitrogens with one attached hydrogen (secondary N) is 1. The van der Waals surface area contributed by atoms with E-state index in [9.17, 15) is 19.3 Å². The summed E-state index contributed by atoms with van der Waals surface area (Å²) >= 11 is 2.99. The first-order chi connectivity index (χ1) is 6.93. The second-order valence-electron chi connectivity index (χ2n) is 2.69. The molecule has 0 heterocycles. The zero-order valence-corrected chi connectivity index (χ0v) is 9.17. The van der Waals surface area contributed by atoms with Crippen LogP contribution in [0.25, 0.3) is 0 Å². The quantitative estimate of drug-likeness (QED) is 0.666. The number of carbonyl (C=O) groups excluding carboxylic acids is 1. The Hall–Kier alpha value is -1.50. The van der Waals surface area contributed by atoms with Crippen LogP contribution >= 0.6 is 15.9 Å². The van der Waals surface area contributed by atoms with E-state index in [1.807, 2.05) is 0 Å². The lowest BCUT2D eigenvalue weighted by atomic mass is 10.2. The molecule has 1 aromatic rings. The lowest BCUT2D eigenvalue weighted by molar-refractivity contribution is -0.386. The maximum Gasteiger partial charge on any atom is 0.329 e. The Bertz CT molecular complexity index is 436. The van der Waals surface area contributed by atoms with Crippen molar-refractivity contribution in [1.29, 1.82) is 0 Å². The lowest BCUT2D eigenvalue weighted by Crippen LogP contribution is -2.09. The summed E-state index contributed by atoms with van der Waals surface area (Å²) in [7, 11) is 0. The molecule has 1 aromatic carbocycles. The number of nitrogens with zero attached hydrogens (tertiary/aromatic N) is 1. The molecule has 15 heavy (non-hydrogen) atoms. The lowest BCUT2D eigenvalue weighted by Gasteiger charge is -2.06. The summed E-state index contributed by atoms with van der Waals surface area (Å²) in [4.78, 5) is 20.5. The van der Waals surface area contributed by atoms with Crippen LogP contribution < -0.4 is 5.32 Å². The van der Waals surface area contributed by atoms with Crippen LogP contribution in [0.4, 0.5) is 15.8 Å². The smallest absolute Gasteiger partial charge is 0.320 e. The minimum absolute atomic E-state index is 0.174. The fourth-order valence-electron chi connectivity index (χ4n) is 1.01. The number of hydrogen-bond acceptors (Lipinski definition) is 3. The van der Waals surface area contributed by atoms with Crippen molar-refractivity contribution in [3.63, 3.8) is 0 Å². The van der Waals surface area contributed by atoms with Crippen LogP contribution in [0.15, 0.2) is 16.6 Å². The van der Waals surface area contributed by atoms with Crippen LogP contribution in [-0.2, 0) is 4.79 Å². The highest BCUT2D eigenvalue weighted by Gasteiger charge is 2.23. The largest absolute Gasteiger partial charge is 0.329 e. The molecule has 5 nitrogen and oxygen atoms in total. The average Bonchev–Trinajstić information content (AvgIpc) is 2.10. The third-order valence-corrected chi connectivity index (χ3v) is 2.22. The Morgan fingerprint density at radius 3 is 2.67 bits per heavy atom. The van der Waals surface area contributed by atoms with E-state index in [1.54, 1.807) is 0 Å². The predicted octanol–water partition coefficient (Wildman–Crippen LogP) is 2.45. The number of anilines is 1. The topological polar surface area (TPSA) is 72.2 Å². The van der Waals surface area contributed by atoms with Gasteiger partial charge in [0.1, 0.15) is 5.69 Å². The van der Waals surface area contributed by atoms with Gasteiger partial charge in [-0.1, -0.05) is 0 Å². The molecule has 1 rings (SSSR count). The molecule has 0 bridgehead atoms. The zero-order valence-electron chi connectivity index (χ0n) is 7.58. The molecular formula is C8H6BrFN2O3. The molecule has 0 aliphatic carbocycles. The number of nitro benzene ring substituents is 1. The molecule has 0 saturated carbocycles. The average molecular weight is 277 g/mol. The summed E-state index contributed by atoms with van der Waals surface area (Å²) in [6, 6.07) is 2.24. The van der Waals surface area contributed by atoms with Crippen molar-refractivity contribution in [2.24, 2.45) is 0 Å². The van der Waals surface area contributed by atoms with E-state index in [0.717, 1.165) is 6.07 Å². The Balaban J connectivity index is 3.38. The van der Waals surface area contributed by atoms with Gasteiger partial charge in [0.05, 0.1) is 4.92 Å². The summed E-state index contributed by atoms with van der Waals surface area (Å²) in [5.41, 5.74) is -0.924. The highest BCUT2D eigenvalue weighted by Crippen LogP contribution is 2.34. The van der Waals surface area contributed by atoms with Crippen molar-refractivity contribution in [3.05, 3.63) is 32.5 Å². The van der Waals surface area contributed by atoms with Gasteiger partial charge in [-0.15, -0.1) is 0 Å². The van der Waals surface area contributed by atoms with Gasteiger partial charge < -0.3 is 5.32 Å². The van der Waals surface area contributed by atoms with Gasteiger partial charge in [-0.3, -0.25) is 14.9 Å². The van der Waals surface area contributed by atoms with E-state index in [1.165, 1.54) is 13.0 Å². The number of nitro groups is 1.